The molecule has 2 aromatic heterocycles. The van der Waals surface area contributed by atoms with E-state index >= 15 is 0 Å². The fourth-order valence-electron chi connectivity index (χ4n) is 2.93. The molecule has 3 aromatic rings. The van der Waals surface area contributed by atoms with Gasteiger partial charge in [-0.25, -0.2) is 0 Å². The molecule has 3 rings (SSSR count). The molecule has 0 saturated heterocycles. The first-order chi connectivity index (χ1) is 11.2. The number of hydrogen-bond donors (Lipinski definition) is 2. The van der Waals surface area contributed by atoms with Gasteiger partial charge in [-0.1, -0.05) is 0 Å². The second-order valence-corrected chi connectivity index (χ2v) is 6.08. The third-order valence-corrected chi connectivity index (χ3v) is 3.95. The molecular weight excluding hydrogens is 316 g/mol. The lowest BCUT2D eigenvalue weighted by Crippen LogP contribution is -2.30. The first-order valence-corrected chi connectivity index (χ1v) is 7.49. The van der Waals surface area contributed by atoms with Gasteiger partial charge >= 0.3 is 0 Å². The van der Waals surface area contributed by atoms with Gasteiger partial charge in [0.1, 0.15) is 0 Å². The van der Waals surface area contributed by atoms with Crippen LogP contribution in [0.2, 0.25) is 0 Å². The van der Waals surface area contributed by atoms with Crippen LogP contribution in [0.3, 0.4) is 0 Å². The standard InChI is InChI=1S/C16H16N2O6/c1-7(19)5-17-13(21)9-3-11-12(4-10(9)14(17)22)16(24)18(15(11)23)6-8(2)20/h3-4,7-8,19-20H,5-6H2,1-2H3/t7-,8+. The molecule has 8 nitrogen and oxygen atoms in total. The van der Waals surface area contributed by atoms with Gasteiger partial charge in [-0.05, 0) is 26.0 Å². The normalized spacial score (nSPS) is 14.5. The van der Waals surface area contributed by atoms with E-state index in [0.717, 1.165) is 9.13 Å². The second kappa shape index (κ2) is 5.50. The van der Waals surface area contributed by atoms with Gasteiger partial charge in [0.05, 0.1) is 46.8 Å². The number of benzene rings is 1. The third-order valence-electron chi connectivity index (χ3n) is 3.95. The number of rotatable bonds is 4. The van der Waals surface area contributed by atoms with Crippen LogP contribution in [0.25, 0.3) is 21.5 Å². The van der Waals surface area contributed by atoms with Crippen molar-refractivity contribution in [2.24, 2.45) is 0 Å². The molecular formula is C16H16N2O6. The summed E-state index contributed by atoms with van der Waals surface area (Å²) in [5.74, 6) is 0. The molecule has 0 amide bonds. The average molecular weight is 332 g/mol. The zero-order chi connectivity index (χ0) is 17.8. The summed E-state index contributed by atoms with van der Waals surface area (Å²) in [6.45, 7) is 2.58. The van der Waals surface area contributed by atoms with Crippen molar-refractivity contribution in [3.8, 4) is 0 Å². The highest BCUT2D eigenvalue weighted by Crippen LogP contribution is 2.14. The lowest BCUT2D eigenvalue weighted by atomic mass is 10.1. The zero-order valence-corrected chi connectivity index (χ0v) is 13.1. The number of fused-ring (bicyclic) bond motifs is 2. The van der Waals surface area contributed by atoms with Crippen LogP contribution >= 0.6 is 0 Å². The molecule has 0 fully saturated rings. The minimum atomic E-state index is -0.885. The summed E-state index contributed by atoms with van der Waals surface area (Å²) in [4.78, 5) is 49.3. The predicted octanol–water partition coefficient (Wildman–Crippen LogP) is -1.33. The van der Waals surface area contributed by atoms with Crippen LogP contribution in [0.1, 0.15) is 13.8 Å². The molecule has 2 heterocycles. The number of aliphatic hydroxyl groups excluding tert-OH is 2. The monoisotopic (exact) mass is 332 g/mol. The Kier molecular flexibility index (Phi) is 3.73. The molecule has 0 aliphatic carbocycles. The Labute approximate surface area is 134 Å². The molecule has 1 aromatic carbocycles. The lowest BCUT2D eigenvalue weighted by Gasteiger charge is -2.02. The Morgan fingerprint density at radius 3 is 1.17 bits per heavy atom. The Bertz CT molecular complexity index is 975. The molecule has 0 aliphatic rings. The van der Waals surface area contributed by atoms with E-state index in [1.54, 1.807) is 0 Å². The van der Waals surface area contributed by atoms with Gasteiger partial charge in [-0.15, -0.1) is 0 Å². The SMILES string of the molecule is C[C@H](O)Cn1c(=O)c2cc3c(=O)n(C[C@@H](C)O)c(=O)c3cc2c1=O. The maximum Gasteiger partial charge on any atom is 0.261 e. The Hall–Kier alpha value is -2.58. The third kappa shape index (κ3) is 2.31. The maximum absolute atomic E-state index is 12.3. The van der Waals surface area contributed by atoms with Gasteiger partial charge in [0.2, 0.25) is 0 Å². The molecule has 0 radical (unpaired) electrons. The lowest BCUT2D eigenvalue weighted by molar-refractivity contribution is 0.171. The van der Waals surface area contributed by atoms with Gasteiger partial charge < -0.3 is 10.2 Å². The van der Waals surface area contributed by atoms with Crippen LogP contribution in [0.4, 0.5) is 0 Å². The van der Waals surface area contributed by atoms with E-state index < -0.39 is 34.4 Å². The van der Waals surface area contributed by atoms with Gasteiger partial charge in [0, 0.05) is 0 Å². The minimum absolute atomic E-state index is 0.0412. The second-order valence-electron chi connectivity index (χ2n) is 6.08. The first-order valence-electron chi connectivity index (χ1n) is 7.49. The Morgan fingerprint density at radius 1 is 0.708 bits per heavy atom. The fraction of sp³-hybridized carbons (Fsp3) is 0.375. The molecule has 8 heteroatoms. The smallest absolute Gasteiger partial charge is 0.261 e. The maximum atomic E-state index is 12.3. The van der Waals surface area contributed by atoms with Crippen molar-refractivity contribution in [1.29, 1.82) is 0 Å². The molecule has 2 N–H and O–H groups in total. The van der Waals surface area contributed by atoms with E-state index in [1.165, 1.54) is 26.0 Å². The van der Waals surface area contributed by atoms with Crippen LogP contribution in [-0.2, 0) is 13.1 Å². The molecule has 0 unspecified atom stereocenters. The van der Waals surface area contributed by atoms with E-state index in [2.05, 4.69) is 0 Å². The van der Waals surface area contributed by atoms with Crippen molar-refractivity contribution in [2.75, 3.05) is 0 Å². The zero-order valence-electron chi connectivity index (χ0n) is 13.1. The van der Waals surface area contributed by atoms with E-state index in [1.807, 2.05) is 0 Å². The summed E-state index contributed by atoms with van der Waals surface area (Å²) < 4.78 is 1.79. The number of aromatic nitrogens is 2. The highest BCUT2D eigenvalue weighted by atomic mass is 16.3. The van der Waals surface area contributed by atoms with Crippen LogP contribution in [0, 0.1) is 0 Å². The largest absolute Gasteiger partial charge is 0.392 e. The van der Waals surface area contributed by atoms with Crippen molar-refractivity contribution in [3.63, 3.8) is 0 Å². The summed E-state index contributed by atoms with van der Waals surface area (Å²) in [6, 6.07) is 2.49. The van der Waals surface area contributed by atoms with E-state index in [0.29, 0.717) is 0 Å². The molecule has 0 saturated carbocycles. The summed E-state index contributed by atoms with van der Waals surface area (Å²) in [5.41, 5.74) is -2.42. The summed E-state index contributed by atoms with van der Waals surface area (Å²) >= 11 is 0. The number of aliphatic hydroxyl groups is 2. The number of nitrogens with zero attached hydrogens (tertiary/aromatic N) is 2. The van der Waals surface area contributed by atoms with Gasteiger partial charge in [-0.2, -0.15) is 0 Å². The summed E-state index contributed by atoms with van der Waals surface area (Å²) in [6.07, 6.45) is -1.77. The summed E-state index contributed by atoms with van der Waals surface area (Å²) in [7, 11) is 0. The van der Waals surface area contributed by atoms with E-state index in [9.17, 15) is 29.4 Å². The van der Waals surface area contributed by atoms with Crippen molar-refractivity contribution in [2.45, 2.75) is 39.1 Å². The van der Waals surface area contributed by atoms with Crippen molar-refractivity contribution in [1.82, 2.24) is 9.13 Å². The molecule has 2 atom stereocenters. The van der Waals surface area contributed by atoms with Crippen molar-refractivity contribution in [3.05, 3.63) is 53.5 Å². The summed E-state index contributed by atoms with van der Waals surface area (Å²) in [5, 5.41) is 19.0. The van der Waals surface area contributed by atoms with Gasteiger partial charge in [0.15, 0.2) is 0 Å². The highest BCUT2D eigenvalue weighted by Gasteiger charge is 2.20. The molecule has 24 heavy (non-hydrogen) atoms. The highest BCUT2D eigenvalue weighted by molar-refractivity contribution is 5.97. The van der Waals surface area contributed by atoms with Crippen molar-refractivity contribution < 1.29 is 10.2 Å². The molecule has 126 valence electrons. The fourth-order valence-corrected chi connectivity index (χ4v) is 2.93. The van der Waals surface area contributed by atoms with Crippen LogP contribution in [0.5, 0.6) is 0 Å². The van der Waals surface area contributed by atoms with Crippen LogP contribution < -0.4 is 22.2 Å². The average Bonchev–Trinajstić information content (AvgIpc) is 2.86. The Morgan fingerprint density at radius 2 is 0.958 bits per heavy atom. The van der Waals surface area contributed by atoms with E-state index in [4.69, 9.17) is 0 Å². The topological polar surface area (TPSA) is 119 Å². The molecule has 0 spiro atoms. The van der Waals surface area contributed by atoms with Crippen LogP contribution in [0.15, 0.2) is 31.3 Å². The van der Waals surface area contributed by atoms with Crippen molar-refractivity contribution >= 4 is 21.5 Å². The van der Waals surface area contributed by atoms with E-state index in [-0.39, 0.29) is 34.6 Å². The predicted molar refractivity (Wildman–Crippen MR) is 88.2 cm³/mol. The minimum Gasteiger partial charge on any atom is -0.392 e. The molecule has 0 aliphatic heterocycles. The van der Waals surface area contributed by atoms with Crippen LogP contribution in [-0.4, -0.2) is 31.6 Å². The number of hydrogen-bond acceptors (Lipinski definition) is 6. The molecule has 0 bridgehead atoms. The van der Waals surface area contributed by atoms with Gasteiger partial charge in [0.25, 0.3) is 22.2 Å². The van der Waals surface area contributed by atoms with Gasteiger partial charge in [-0.3, -0.25) is 28.3 Å². The quantitative estimate of drug-likeness (QED) is 0.611. The first kappa shape index (κ1) is 16.3. The Balaban J connectivity index is 2.38.